The van der Waals surface area contributed by atoms with Gasteiger partial charge in [0.2, 0.25) is 0 Å². The molecule has 0 aliphatic carbocycles. The monoisotopic (exact) mass is 231 g/mol. The summed E-state index contributed by atoms with van der Waals surface area (Å²) < 4.78 is 13.6. The molecule has 4 heteroatoms. The zero-order chi connectivity index (χ0) is 12.3. The molecule has 1 aromatic heterocycles. The van der Waals surface area contributed by atoms with Crippen molar-refractivity contribution in [2.75, 3.05) is 17.7 Å². The van der Waals surface area contributed by atoms with Crippen molar-refractivity contribution in [3.05, 3.63) is 48.0 Å². The molecule has 0 radical (unpaired) electrons. The van der Waals surface area contributed by atoms with Gasteiger partial charge in [0.1, 0.15) is 5.82 Å². The Labute approximate surface area is 99.7 Å². The molecule has 0 aliphatic heterocycles. The van der Waals surface area contributed by atoms with Crippen molar-refractivity contribution in [2.45, 2.75) is 6.92 Å². The second-order valence-electron chi connectivity index (χ2n) is 3.77. The van der Waals surface area contributed by atoms with Gasteiger partial charge in [-0.2, -0.15) is 0 Å². The summed E-state index contributed by atoms with van der Waals surface area (Å²) >= 11 is 0. The molecule has 2 rings (SSSR count). The number of hydrogen-bond acceptors (Lipinski definition) is 3. The molecule has 0 atom stereocenters. The van der Waals surface area contributed by atoms with E-state index in [1.54, 1.807) is 18.5 Å². The van der Waals surface area contributed by atoms with Gasteiger partial charge in [-0.15, -0.1) is 0 Å². The molecule has 1 heterocycles. The summed E-state index contributed by atoms with van der Waals surface area (Å²) in [6, 6.07) is 6.86. The molecule has 0 fully saturated rings. The Morgan fingerprint density at radius 2 is 1.94 bits per heavy atom. The number of nitrogens with zero attached hydrogens (tertiary/aromatic N) is 1. The van der Waals surface area contributed by atoms with E-state index in [9.17, 15) is 4.39 Å². The van der Waals surface area contributed by atoms with Crippen LogP contribution >= 0.6 is 0 Å². The van der Waals surface area contributed by atoms with Crippen LogP contribution in [0.3, 0.4) is 0 Å². The molecule has 0 spiro atoms. The van der Waals surface area contributed by atoms with Crippen molar-refractivity contribution in [3.8, 4) is 0 Å². The van der Waals surface area contributed by atoms with Crippen LogP contribution in [0.1, 0.15) is 5.56 Å². The highest BCUT2D eigenvalue weighted by molar-refractivity contribution is 5.65. The number of aromatic nitrogens is 1. The summed E-state index contributed by atoms with van der Waals surface area (Å²) in [5.41, 5.74) is 2.98. The highest BCUT2D eigenvalue weighted by Gasteiger charge is 2.05. The van der Waals surface area contributed by atoms with E-state index in [0.29, 0.717) is 5.69 Å². The Hall–Kier alpha value is -2.10. The third kappa shape index (κ3) is 2.53. The Morgan fingerprint density at radius 3 is 2.65 bits per heavy atom. The SMILES string of the molecule is CNc1cncc(Nc2c(C)cccc2F)c1. The van der Waals surface area contributed by atoms with E-state index in [0.717, 1.165) is 16.9 Å². The minimum atomic E-state index is -0.264. The number of nitrogens with one attached hydrogen (secondary N) is 2. The van der Waals surface area contributed by atoms with Gasteiger partial charge in [-0.05, 0) is 24.6 Å². The van der Waals surface area contributed by atoms with E-state index in [4.69, 9.17) is 0 Å². The second-order valence-corrected chi connectivity index (χ2v) is 3.77. The highest BCUT2D eigenvalue weighted by atomic mass is 19.1. The molecule has 0 amide bonds. The Bertz CT molecular complexity index is 506. The van der Waals surface area contributed by atoms with E-state index < -0.39 is 0 Å². The lowest BCUT2D eigenvalue weighted by Crippen LogP contribution is -1.98. The van der Waals surface area contributed by atoms with Gasteiger partial charge in [0, 0.05) is 7.05 Å². The van der Waals surface area contributed by atoms with Crippen LogP contribution in [0, 0.1) is 12.7 Å². The van der Waals surface area contributed by atoms with Crippen molar-refractivity contribution in [1.82, 2.24) is 4.98 Å². The Morgan fingerprint density at radius 1 is 1.18 bits per heavy atom. The number of aryl methyl sites for hydroxylation is 1. The lowest BCUT2D eigenvalue weighted by molar-refractivity contribution is 0.631. The van der Waals surface area contributed by atoms with Gasteiger partial charge < -0.3 is 10.6 Å². The first-order valence-corrected chi connectivity index (χ1v) is 5.35. The molecule has 0 bridgehead atoms. The number of para-hydroxylation sites is 1. The smallest absolute Gasteiger partial charge is 0.146 e. The zero-order valence-electron chi connectivity index (χ0n) is 9.79. The molecule has 88 valence electrons. The average Bonchev–Trinajstić information content (AvgIpc) is 2.34. The van der Waals surface area contributed by atoms with E-state index in [1.807, 2.05) is 26.1 Å². The van der Waals surface area contributed by atoms with Crippen LogP contribution in [0.4, 0.5) is 21.5 Å². The van der Waals surface area contributed by atoms with Crippen LogP contribution in [0.5, 0.6) is 0 Å². The summed E-state index contributed by atoms with van der Waals surface area (Å²) in [6.07, 6.45) is 3.37. The van der Waals surface area contributed by atoms with E-state index in [-0.39, 0.29) is 5.82 Å². The Balaban J connectivity index is 2.31. The van der Waals surface area contributed by atoms with Gasteiger partial charge >= 0.3 is 0 Å². The van der Waals surface area contributed by atoms with Crippen molar-refractivity contribution in [1.29, 1.82) is 0 Å². The number of benzene rings is 1. The van der Waals surface area contributed by atoms with Gasteiger partial charge in [0.25, 0.3) is 0 Å². The first-order valence-electron chi connectivity index (χ1n) is 5.35. The van der Waals surface area contributed by atoms with Crippen LogP contribution in [-0.2, 0) is 0 Å². The fourth-order valence-electron chi connectivity index (χ4n) is 1.58. The average molecular weight is 231 g/mol. The normalized spacial score (nSPS) is 10.1. The maximum absolute atomic E-state index is 13.6. The van der Waals surface area contributed by atoms with E-state index in [1.165, 1.54) is 6.07 Å². The van der Waals surface area contributed by atoms with Crippen LogP contribution in [0.2, 0.25) is 0 Å². The lowest BCUT2D eigenvalue weighted by Gasteiger charge is -2.11. The number of hydrogen-bond donors (Lipinski definition) is 2. The van der Waals surface area contributed by atoms with Crippen LogP contribution in [-0.4, -0.2) is 12.0 Å². The molecule has 2 N–H and O–H groups in total. The predicted octanol–water partition coefficient (Wildman–Crippen LogP) is 3.31. The first-order chi connectivity index (χ1) is 8.20. The topological polar surface area (TPSA) is 37.0 Å². The van der Waals surface area contributed by atoms with E-state index in [2.05, 4.69) is 15.6 Å². The molecule has 0 aliphatic rings. The van der Waals surface area contributed by atoms with Gasteiger partial charge in [0.15, 0.2) is 0 Å². The summed E-state index contributed by atoms with van der Waals surface area (Å²) in [5.74, 6) is -0.264. The standard InChI is InChI=1S/C13H14FN3/c1-9-4-3-5-12(14)13(9)17-11-6-10(15-2)7-16-8-11/h3-8,15,17H,1-2H3. The maximum Gasteiger partial charge on any atom is 0.146 e. The van der Waals surface area contributed by atoms with Gasteiger partial charge in [-0.3, -0.25) is 4.98 Å². The van der Waals surface area contributed by atoms with Crippen molar-refractivity contribution >= 4 is 17.1 Å². The number of pyridine rings is 1. The predicted molar refractivity (Wildman–Crippen MR) is 68.2 cm³/mol. The molecular formula is C13H14FN3. The number of halogens is 1. The van der Waals surface area contributed by atoms with Crippen LogP contribution in [0.25, 0.3) is 0 Å². The highest BCUT2D eigenvalue weighted by Crippen LogP contribution is 2.24. The second kappa shape index (κ2) is 4.82. The molecule has 1 aromatic carbocycles. The summed E-state index contributed by atoms with van der Waals surface area (Å²) in [7, 11) is 1.81. The summed E-state index contributed by atoms with van der Waals surface area (Å²) in [4.78, 5) is 4.06. The quantitative estimate of drug-likeness (QED) is 0.850. The van der Waals surface area contributed by atoms with Crippen molar-refractivity contribution in [2.24, 2.45) is 0 Å². The molecule has 0 unspecified atom stereocenters. The first kappa shape index (κ1) is 11.4. The van der Waals surface area contributed by atoms with Crippen molar-refractivity contribution in [3.63, 3.8) is 0 Å². The van der Waals surface area contributed by atoms with Crippen LogP contribution in [0.15, 0.2) is 36.7 Å². The van der Waals surface area contributed by atoms with Crippen LogP contribution < -0.4 is 10.6 Å². The molecular weight excluding hydrogens is 217 g/mol. The minimum absolute atomic E-state index is 0.264. The molecule has 3 nitrogen and oxygen atoms in total. The molecule has 2 aromatic rings. The zero-order valence-corrected chi connectivity index (χ0v) is 9.79. The van der Waals surface area contributed by atoms with E-state index >= 15 is 0 Å². The minimum Gasteiger partial charge on any atom is -0.387 e. The Kier molecular flexibility index (Phi) is 3.23. The summed E-state index contributed by atoms with van der Waals surface area (Å²) in [5, 5.41) is 6.02. The fourth-order valence-corrected chi connectivity index (χ4v) is 1.58. The third-order valence-corrected chi connectivity index (χ3v) is 2.52. The van der Waals surface area contributed by atoms with Gasteiger partial charge in [0.05, 0.1) is 29.5 Å². The van der Waals surface area contributed by atoms with Crippen molar-refractivity contribution < 1.29 is 4.39 Å². The largest absolute Gasteiger partial charge is 0.387 e. The van der Waals surface area contributed by atoms with Gasteiger partial charge in [-0.1, -0.05) is 12.1 Å². The number of rotatable bonds is 3. The lowest BCUT2D eigenvalue weighted by atomic mass is 10.2. The van der Waals surface area contributed by atoms with Gasteiger partial charge in [-0.25, -0.2) is 4.39 Å². The molecule has 0 saturated carbocycles. The summed E-state index contributed by atoms with van der Waals surface area (Å²) in [6.45, 7) is 1.86. The fraction of sp³-hybridized carbons (Fsp3) is 0.154. The third-order valence-electron chi connectivity index (χ3n) is 2.52. The number of anilines is 3. The molecule has 17 heavy (non-hydrogen) atoms. The maximum atomic E-state index is 13.6. The molecule has 0 saturated heterocycles.